The zero-order valence-corrected chi connectivity index (χ0v) is 14.2. The van der Waals surface area contributed by atoms with Crippen LogP contribution in [0.25, 0.3) is 0 Å². The van der Waals surface area contributed by atoms with Crippen molar-refractivity contribution in [3.05, 3.63) is 23.2 Å². The van der Waals surface area contributed by atoms with Crippen LogP contribution >= 0.6 is 0 Å². The molecule has 0 unspecified atom stereocenters. The smallest absolute Gasteiger partial charge is 0.120 e. The lowest BCUT2D eigenvalue weighted by Gasteiger charge is -2.34. The van der Waals surface area contributed by atoms with Crippen LogP contribution in [0.2, 0.25) is 0 Å². The third kappa shape index (κ3) is 4.58. The molecule has 0 atom stereocenters. The van der Waals surface area contributed by atoms with E-state index in [1.807, 2.05) is 0 Å². The molecular weight excluding hydrogens is 260 g/mol. The minimum Gasteiger partial charge on any atom is -0.463 e. The van der Waals surface area contributed by atoms with E-state index in [4.69, 9.17) is 4.42 Å². The van der Waals surface area contributed by atoms with Crippen LogP contribution in [0.5, 0.6) is 0 Å². The summed E-state index contributed by atoms with van der Waals surface area (Å²) in [6, 6.07) is 2.94. The van der Waals surface area contributed by atoms with Crippen LogP contribution in [0.3, 0.4) is 0 Å². The fourth-order valence-corrected chi connectivity index (χ4v) is 3.45. The molecule has 3 heteroatoms. The van der Waals surface area contributed by atoms with Crippen molar-refractivity contribution in [1.29, 1.82) is 0 Å². The molecule has 0 aromatic carbocycles. The fourth-order valence-electron chi connectivity index (χ4n) is 3.45. The van der Waals surface area contributed by atoms with Gasteiger partial charge in [-0.25, -0.2) is 0 Å². The minimum absolute atomic E-state index is 0.732. The van der Waals surface area contributed by atoms with Crippen molar-refractivity contribution in [2.75, 3.05) is 13.6 Å². The summed E-state index contributed by atoms with van der Waals surface area (Å²) in [6.07, 6.45) is 6.84. The largest absolute Gasteiger partial charge is 0.463 e. The van der Waals surface area contributed by atoms with Crippen LogP contribution in [0.1, 0.15) is 63.0 Å². The Hall–Kier alpha value is -0.800. The molecule has 0 spiro atoms. The highest BCUT2D eigenvalue weighted by molar-refractivity contribution is 5.20. The topological polar surface area (TPSA) is 28.4 Å². The maximum Gasteiger partial charge on any atom is 0.120 e. The van der Waals surface area contributed by atoms with Crippen LogP contribution < -0.4 is 5.32 Å². The van der Waals surface area contributed by atoms with Gasteiger partial charge in [0.25, 0.3) is 0 Å². The van der Waals surface area contributed by atoms with Crippen molar-refractivity contribution in [2.45, 2.75) is 72.0 Å². The lowest BCUT2D eigenvalue weighted by atomic mass is 9.84. The average molecular weight is 292 g/mol. The number of hydrogen-bond donors (Lipinski definition) is 1. The van der Waals surface area contributed by atoms with Crippen molar-refractivity contribution >= 4 is 0 Å². The number of rotatable bonds is 7. The van der Waals surface area contributed by atoms with Crippen molar-refractivity contribution in [1.82, 2.24) is 10.2 Å². The summed E-state index contributed by atoms with van der Waals surface area (Å²) in [5.41, 5.74) is 1.27. The first-order chi connectivity index (χ1) is 10.1. The minimum atomic E-state index is 0.732. The molecule has 3 nitrogen and oxygen atoms in total. The van der Waals surface area contributed by atoms with E-state index in [0.29, 0.717) is 0 Å². The van der Waals surface area contributed by atoms with Gasteiger partial charge < -0.3 is 9.73 Å². The molecule has 2 rings (SSSR count). The summed E-state index contributed by atoms with van der Waals surface area (Å²) in [6.45, 7) is 9.36. The highest BCUT2D eigenvalue weighted by atomic mass is 16.3. The van der Waals surface area contributed by atoms with E-state index in [1.54, 1.807) is 0 Å². The Morgan fingerprint density at radius 3 is 2.57 bits per heavy atom. The van der Waals surface area contributed by atoms with E-state index in [2.05, 4.69) is 44.1 Å². The Labute approximate surface area is 130 Å². The lowest BCUT2D eigenvalue weighted by Crippen LogP contribution is -2.34. The summed E-state index contributed by atoms with van der Waals surface area (Å²) in [5, 5.41) is 3.34. The predicted octanol–water partition coefficient (Wildman–Crippen LogP) is 4.10. The number of nitrogens with zero attached hydrogens (tertiary/aromatic N) is 1. The number of furan rings is 1. The Bertz CT molecular complexity index is 419. The summed E-state index contributed by atoms with van der Waals surface area (Å²) >= 11 is 0. The molecule has 21 heavy (non-hydrogen) atoms. The summed E-state index contributed by atoms with van der Waals surface area (Å²) < 4.78 is 6.02. The molecular formula is C18H32N2O. The second kappa shape index (κ2) is 8.00. The van der Waals surface area contributed by atoms with Crippen LogP contribution in [0.15, 0.2) is 10.5 Å². The van der Waals surface area contributed by atoms with Gasteiger partial charge in [-0.15, -0.1) is 0 Å². The molecule has 1 saturated carbocycles. The van der Waals surface area contributed by atoms with Crippen LogP contribution in [-0.4, -0.2) is 24.5 Å². The molecule has 1 fully saturated rings. The Kier molecular flexibility index (Phi) is 6.31. The SMILES string of the molecule is CCNCc1oc(CN(C)C2CCC(CC)CC2)cc1C. The van der Waals surface area contributed by atoms with E-state index < -0.39 is 0 Å². The van der Waals surface area contributed by atoms with Gasteiger partial charge in [0.15, 0.2) is 0 Å². The molecule has 1 heterocycles. The molecule has 120 valence electrons. The molecule has 1 aliphatic carbocycles. The van der Waals surface area contributed by atoms with Gasteiger partial charge in [0, 0.05) is 6.04 Å². The second-order valence-electron chi connectivity index (χ2n) is 6.60. The van der Waals surface area contributed by atoms with E-state index in [-0.39, 0.29) is 0 Å². The predicted molar refractivity (Wildman–Crippen MR) is 88.3 cm³/mol. The quantitative estimate of drug-likeness (QED) is 0.820. The molecule has 0 amide bonds. The van der Waals surface area contributed by atoms with Crippen molar-refractivity contribution in [3.8, 4) is 0 Å². The molecule has 1 aliphatic rings. The molecule has 1 aromatic heterocycles. The van der Waals surface area contributed by atoms with Crippen LogP contribution in [0.4, 0.5) is 0 Å². The third-order valence-electron chi connectivity index (χ3n) is 5.03. The van der Waals surface area contributed by atoms with E-state index >= 15 is 0 Å². The van der Waals surface area contributed by atoms with Crippen LogP contribution in [0, 0.1) is 12.8 Å². The lowest BCUT2D eigenvalue weighted by molar-refractivity contribution is 0.148. The van der Waals surface area contributed by atoms with Gasteiger partial charge in [-0.05, 0) is 63.7 Å². The molecule has 0 saturated heterocycles. The zero-order valence-electron chi connectivity index (χ0n) is 14.2. The summed E-state index contributed by atoms with van der Waals surface area (Å²) in [7, 11) is 2.25. The fraction of sp³-hybridized carbons (Fsp3) is 0.778. The van der Waals surface area contributed by atoms with Gasteiger partial charge in [0.05, 0.1) is 13.1 Å². The molecule has 0 aliphatic heterocycles. The van der Waals surface area contributed by atoms with Gasteiger partial charge in [-0.2, -0.15) is 0 Å². The first-order valence-corrected chi connectivity index (χ1v) is 8.63. The van der Waals surface area contributed by atoms with Crippen molar-refractivity contribution < 1.29 is 4.42 Å². The van der Waals surface area contributed by atoms with E-state index in [9.17, 15) is 0 Å². The van der Waals surface area contributed by atoms with E-state index in [0.717, 1.165) is 43.1 Å². The Balaban J connectivity index is 1.86. The van der Waals surface area contributed by atoms with Crippen molar-refractivity contribution in [3.63, 3.8) is 0 Å². The first-order valence-electron chi connectivity index (χ1n) is 8.63. The highest BCUT2D eigenvalue weighted by Gasteiger charge is 2.23. The molecule has 1 N–H and O–H groups in total. The van der Waals surface area contributed by atoms with Gasteiger partial charge in [-0.3, -0.25) is 4.90 Å². The molecule has 1 aromatic rings. The van der Waals surface area contributed by atoms with Gasteiger partial charge >= 0.3 is 0 Å². The van der Waals surface area contributed by atoms with Gasteiger partial charge in [0.2, 0.25) is 0 Å². The van der Waals surface area contributed by atoms with Crippen molar-refractivity contribution in [2.24, 2.45) is 5.92 Å². The third-order valence-corrected chi connectivity index (χ3v) is 5.03. The zero-order chi connectivity index (χ0) is 15.2. The normalized spacial score (nSPS) is 22.9. The highest BCUT2D eigenvalue weighted by Crippen LogP contribution is 2.29. The maximum atomic E-state index is 6.02. The Morgan fingerprint density at radius 1 is 1.24 bits per heavy atom. The number of aryl methyl sites for hydroxylation is 1. The maximum absolute atomic E-state index is 6.02. The summed E-state index contributed by atoms with van der Waals surface area (Å²) in [4.78, 5) is 2.49. The number of hydrogen-bond acceptors (Lipinski definition) is 3. The first kappa shape index (κ1) is 16.6. The number of nitrogens with one attached hydrogen (secondary N) is 1. The second-order valence-corrected chi connectivity index (χ2v) is 6.60. The Morgan fingerprint density at radius 2 is 1.95 bits per heavy atom. The average Bonchev–Trinajstić information content (AvgIpc) is 2.84. The molecule has 0 radical (unpaired) electrons. The monoisotopic (exact) mass is 292 g/mol. The van der Waals surface area contributed by atoms with Gasteiger partial charge in [-0.1, -0.05) is 20.3 Å². The summed E-state index contributed by atoms with van der Waals surface area (Å²) in [5.74, 6) is 3.17. The van der Waals surface area contributed by atoms with Crippen LogP contribution in [-0.2, 0) is 13.1 Å². The van der Waals surface area contributed by atoms with E-state index in [1.165, 1.54) is 37.7 Å². The molecule has 0 bridgehead atoms. The van der Waals surface area contributed by atoms with Gasteiger partial charge in [0.1, 0.15) is 11.5 Å². The standard InChI is InChI=1S/C18H32N2O/c1-5-15-7-9-16(10-8-15)20(4)13-17-11-14(3)18(21-17)12-19-6-2/h11,15-16,19H,5-10,12-13H2,1-4H3.